The first-order chi connectivity index (χ1) is 57.9. The van der Waals surface area contributed by atoms with Gasteiger partial charge in [-0.1, -0.05) is 167 Å². The zero-order valence-electron chi connectivity index (χ0n) is 78.2. The summed E-state index contributed by atoms with van der Waals surface area (Å²) in [7, 11) is 13.5. The van der Waals surface area contributed by atoms with Crippen LogP contribution >= 0.6 is 49.9 Å². The summed E-state index contributed by atoms with van der Waals surface area (Å²) >= 11 is 6.74. The van der Waals surface area contributed by atoms with Crippen LogP contribution in [0.5, 0.6) is 46.0 Å². The van der Waals surface area contributed by atoms with Gasteiger partial charge in [0.1, 0.15) is 56.7 Å². The van der Waals surface area contributed by atoms with Crippen LogP contribution in [0.25, 0.3) is 0 Å². The summed E-state index contributed by atoms with van der Waals surface area (Å²) in [5.41, 5.74) is 8.17. The number of hydrogen-bond acceptors (Lipinski definition) is 23. The third kappa shape index (κ3) is 30.7. The van der Waals surface area contributed by atoms with E-state index in [1.807, 2.05) is 169 Å². The SMILES string of the molecule is CC(C)c1ccc(Br)c(C(=O)N(C)C)c1O.CC(C)c1ccc([N+](=O)[O-])cc1O.CC(C)c1cccc(C(=O)N(C)C)c1O.CC(C)c1cccc(C(=O)N2CCN(C)CC2)c1O.CC(C)c1csc(C(=O)N(C)C)c1O.CC(C)c1csc(S(=O)(=O)N(C)C)c1O.CCN(CC)S(=O)(=O)c1scc(C(C)C)c1O.CN=C(c1cccc(C(C)C)c1O)N(C)C. The van der Waals surface area contributed by atoms with E-state index in [1.54, 1.807) is 104 Å². The predicted octanol–water partition coefficient (Wildman–Crippen LogP) is 18.7. The van der Waals surface area contributed by atoms with E-state index in [1.165, 1.54) is 56.6 Å². The topological polar surface area (TPSA) is 380 Å². The van der Waals surface area contributed by atoms with Crippen molar-refractivity contribution in [1.82, 2.24) is 38.0 Å². The third-order valence-electron chi connectivity index (χ3n) is 19.6. The molecular weight excluding hydrogens is 1760 g/mol. The van der Waals surface area contributed by atoms with Crippen LogP contribution in [-0.4, -0.2) is 254 Å². The second-order valence-electron chi connectivity index (χ2n) is 32.9. The number of phenolic OH excluding ortho intramolecular Hbond substituents is 5. The molecule has 8 aromatic rings. The number of hydrogen-bond donors (Lipinski definition) is 8. The number of nitro benzene ring substituents is 1. The molecule has 0 aliphatic carbocycles. The first-order valence-corrected chi connectivity index (χ1v) is 47.3. The maximum absolute atomic E-state index is 12.4. The summed E-state index contributed by atoms with van der Waals surface area (Å²) in [6.07, 6.45) is 0. The van der Waals surface area contributed by atoms with Gasteiger partial charge in [-0.05, 0) is 145 Å². The van der Waals surface area contributed by atoms with Crippen molar-refractivity contribution in [2.24, 2.45) is 4.99 Å². The number of piperazine rings is 1. The molecule has 28 nitrogen and oxygen atoms in total. The van der Waals surface area contributed by atoms with E-state index < -0.39 is 25.0 Å². The Balaban J connectivity index is 0.000000485. The van der Waals surface area contributed by atoms with E-state index in [9.17, 15) is 87.0 Å². The molecule has 8 N–H and O–H groups in total. The number of amides is 4. The number of halogens is 1. The number of nitro groups is 1. The summed E-state index contributed by atoms with van der Waals surface area (Å²) in [6, 6.07) is 24.3. The van der Waals surface area contributed by atoms with Crippen molar-refractivity contribution in [1.29, 1.82) is 0 Å². The van der Waals surface area contributed by atoms with Crippen molar-refractivity contribution in [3.8, 4) is 46.0 Å². The molecule has 125 heavy (non-hydrogen) atoms. The van der Waals surface area contributed by atoms with Gasteiger partial charge in [-0.25, -0.2) is 21.1 Å². The first kappa shape index (κ1) is 112. The van der Waals surface area contributed by atoms with Gasteiger partial charge in [0, 0.05) is 144 Å². The Morgan fingerprint density at radius 1 is 0.448 bits per heavy atom. The fraction of sp³-hybridized carbons (Fsp3) is 0.484. The molecule has 0 atom stereocenters. The normalized spacial score (nSPS) is 12.2. The summed E-state index contributed by atoms with van der Waals surface area (Å²) in [5.74, 6) is 2.36. The number of para-hydroxylation sites is 3. The number of sulfonamides is 2. The molecule has 1 saturated heterocycles. The Kier molecular flexibility index (Phi) is 45.4. The number of amidine groups is 1. The molecule has 9 rings (SSSR count). The molecule has 0 saturated carbocycles. The van der Waals surface area contributed by atoms with Crippen molar-refractivity contribution in [2.45, 2.75) is 180 Å². The zero-order chi connectivity index (χ0) is 96.2. The maximum atomic E-state index is 12.4. The molecule has 5 aromatic carbocycles. The largest absolute Gasteiger partial charge is 0.507 e. The maximum Gasteiger partial charge on any atom is 0.273 e. The highest BCUT2D eigenvalue weighted by atomic mass is 79.9. The lowest BCUT2D eigenvalue weighted by atomic mass is 9.98. The molecule has 694 valence electrons. The number of benzene rings is 5. The fourth-order valence-electron chi connectivity index (χ4n) is 12.1. The average molecular weight is 1900 g/mol. The van der Waals surface area contributed by atoms with Crippen LogP contribution < -0.4 is 0 Å². The van der Waals surface area contributed by atoms with Gasteiger partial charge in [0.25, 0.3) is 49.4 Å². The van der Waals surface area contributed by atoms with Gasteiger partial charge in [0.05, 0.1) is 33.2 Å². The van der Waals surface area contributed by atoms with Crippen molar-refractivity contribution in [3.63, 3.8) is 0 Å². The molecule has 3 aromatic heterocycles. The average Bonchev–Trinajstić information content (AvgIpc) is 1.73. The summed E-state index contributed by atoms with van der Waals surface area (Å²) in [4.78, 5) is 72.4. The van der Waals surface area contributed by atoms with E-state index in [0.29, 0.717) is 61.9 Å². The van der Waals surface area contributed by atoms with Crippen molar-refractivity contribution in [3.05, 3.63) is 187 Å². The lowest BCUT2D eigenvalue weighted by Crippen LogP contribution is -2.47. The summed E-state index contributed by atoms with van der Waals surface area (Å²) in [6.45, 7) is 39.2. The minimum atomic E-state index is -3.54. The van der Waals surface area contributed by atoms with Crippen LogP contribution in [0.1, 0.15) is 263 Å². The van der Waals surface area contributed by atoms with Gasteiger partial charge in [-0.15, -0.1) is 34.0 Å². The molecule has 1 aliphatic heterocycles. The molecule has 34 heteroatoms. The number of carbonyl (C=O) groups excluding carboxylic acids is 4. The molecule has 0 radical (unpaired) electrons. The van der Waals surface area contributed by atoms with Crippen molar-refractivity contribution < 1.29 is 81.8 Å². The number of non-ortho nitro benzene ring substituents is 1. The first-order valence-electron chi connectivity index (χ1n) is 41.0. The number of thiophene rings is 3. The second-order valence-corrected chi connectivity index (χ2v) is 40.8. The number of phenols is 5. The Labute approximate surface area is 762 Å². The van der Waals surface area contributed by atoms with Gasteiger partial charge >= 0.3 is 0 Å². The van der Waals surface area contributed by atoms with Gasteiger partial charge in [0.15, 0.2) is 8.42 Å². The Hall–Kier alpha value is -9.39. The number of aliphatic imine (C=N–C) groups is 1. The van der Waals surface area contributed by atoms with Gasteiger partial charge in [0.2, 0.25) is 0 Å². The Morgan fingerprint density at radius 3 is 1.16 bits per heavy atom. The van der Waals surface area contributed by atoms with E-state index in [-0.39, 0.29) is 119 Å². The number of carbonyl (C=O) groups is 4. The van der Waals surface area contributed by atoms with Crippen LogP contribution in [-0.2, 0) is 20.0 Å². The smallest absolute Gasteiger partial charge is 0.273 e. The number of nitrogens with zero attached hydrogens (tertiary/aromatic N) is 10. The molecule has 0 spiro atoms. The van der Waals surface area contributed by atoms with Crippen molar-refractivity contribution in [2.75, 3.05) is 124 Å². The van der Waals surface area contributed by atoms with Crippen LogP contribution in [0.2, 0.25) is 0 Å². The molecule has 1 fully saturated rings. The molecule has 0 bridgehead atoms. The van der Waals surface area contributed by atoms with Gasteiger partial charge < -0.3 is 70.3 Å². The van der Waals surface area contributed by atoms with Crippen LogP contribution in [0, 0.1) is 10.1 Å². The lowest BCUT2D eigenvalue weighted by molar-refractivity contribution is -0.385. The summed E-state index contributed by atoms with van der Waals surface area (Å²) < 4.78 is 51.1. The van der Waals surface area contributed by atoms with Crippen LogP contribution in [0.3, 0.4) is 0 Å². The quantitative estimate of drug-likeness (QED) is 0.0152. The Morgan fingerprint density at radius 2 is 0.808 bits per heavy atom. The molecule has 4 amide bonds. The highest BCUT2D eigenvalue weighted by molar-refractivity contribution is 9.10. The van der Waals surface area contributed by atoms with Crippen molar-refractivity contribution >= 4 is 105 Å². The van der Waals surface area contributed by atoms with E-state index >= 15 is 0 Å². The highest BCUT2D eigenvalue weighted by Gasteiger charge is 2.32. The number of rotatable bonds is 20. The van der Waals surface area contributed by atoms with E-state index in [4.69, 9.17) is 0 Å². The molecule has 4 heterocycles. The Bertz CT molecular complexity index is 5140. The minimum Gasteiger partial charge on any atom is -0.507 e. The zero-order valence-corrected chi connectivity index (χ0v) is 83.9. The molecule has 0 unspecified atom stereocenters. The highest BCUT2D eigenvalue weighted by Crippen LogP contribution is 2.42. The lowest BCUT2D eigenvalue weighted by Gasteiger charge is -2.32. The number of aromatic hydroxyl groups is 8. The van der Waals surface area contributed by atoms with Gasteiger partial charge in [-0.3, -0.25) is 34.3 Å². The van der Waals surface area contributed by atoms with Crippen LogP contribution in [0.4, 0.5) is 5.69 Å². The van der Waals surface area contributed by atoms with E-state index in [0.717, 1.165) is 97.9 Å². The summed E-state index contributed by atoms with van der Waals surface area (Å²) in [5, 5.41) is 95.0. The number of likely N-dealkylation sites (N-methyl/N-ethyl adjacent to an activating group) is 1. The predicted molar refractivity (Wildman–Crippen MR) is 510 cm³/mol. The minimum absolute atomic E-state index is 0.01000. The van der Waals surface area contributed by atoms with E-state index in [2.05, 4.69) is 46.7 Å². The van der Waals surface area contributed by atoms with Gasteiger partial charge in [-0.2, -0.15) is 4.31 Å². The van der Waals surface area contributed by atoms with Crippen LogP contribution in [0.15, 0.2) is 119 Å². The fourth-order valence-corrected chi connectivity index (χ4v) is 19.4. The molecule has 1 aliphatic rings. The third-order valence-corrected chi connectivity index (χ3v) is 28.1. The molecular formula is C91H135BrN10O18S5. The monoisotopic (exact) mass is 1890 g/mol. The standard InChI is InChI=1S/C15H22N2O2.C13H20N2O.C12H16BrNO2.C12H17NO2.C11H19NO3S2.C10H15NO2S.C9H15NO3S2.C9H11NO3/c1-11(2)12-5-4-6-13(14(12)18)15(19)17-9-7-16(3)8-10-17;1-9(2)10-7-6-8-11(12(10)16)13(14-3)15(4)5;1-7(2)8-5-6-9(13)10(11(8)15)12(16)14(3)4;1-8(2)9-6-5-7-10(11(9)14)12(15)13(3)4;1-5-12(6-2)17(14,15)11-10(13)9(7-16-11)8(3)4;1-6(2)7-5-14-9(8(7)12)10(13)11(3)4;1-6(2)7-5-14-9(8(7)11)15(12,13)10(3)4;1-6(2)8-4-3-7(10(12)13)5-9(8)11/h4-6,11,18H,7-10H2,1-3H3;6-9,16H,1-5H3;5-7,15H,1-4H3;5-8,14H,1-4H3;7-8,13H,5-6H2,1-4H3;5-6,12H,1-4H3;5-6,11H,1-4H3;3-6,11H,1-2H3. The second kappa shape index (κ2) is 50.8.